The molecular formula is C12H25N3O. The van der Waals surface area contributed by atoms with Gasteiger partial charge in [-0.15, -0.1) is 0 Å². The molecule has 0 aromatic rings. The van der Waals surface area contributed by atoms with Gasteiger partial charge in [0.05, 0.1) is 13.2 Å². The highest BCUT2D eigenvalue weighted by Crippen LogP contribution is 2.17. The van der Waals surface area contributed by atoms with Crippen LogP contribution < -0.4 is 5.32 Å². The van der Waals surface area contributed by atoms with E-state index in [1.165, 1.54) is 32.5 Å². The average molecular weight is 227 g/mol. The van der Waals surface area contributed by atoms with E-state index in [4.69, 9.17) is 4.74 Å². The summed E-state index contributed by atoms with van der Waals surface area (Å²) in [6.45, 7) is 8.70. The van der Waals surface area contributed by atoms with Crippen LogP contribution in [-0.4, -0.2) is 75.4 Å². The van der Waals surface area contributed by atoms with Crippen LogP contribution in [0, 0.1) is 0 Å². The van der Waals surface area contributed by atoms with Crippen LogP contribution in [0.2, 0.25) is 0 Å². The number of hydrogen-bond donors (Lipinski definition) is 1. The number of ether oxygens (including phenoxy) is 1. The zero-order valence-electron chi connectivity index (χ0n) is 10.5. The largest absolute Gasteiger partial charge is 0.379 e. The van der Waals surface area contributed by atoms with Crippen LogP contribution in [-0.2, 0) is 4.74 Å². The Labute approximate surface area is 98.9 Å². The Morgan fingerprint density at radius 1 is 1.25 bits per heavy atom. The molecule has 0 aromatic heterocycles. The van der Waals surface area contributed by atoms with Crippen molar-refractivity contribution in [3.05, 3.63) is 0 Å². The molecule has 0 atom stereocenters. The smallest absolute Gasteiger partial charge is 0.0594 e. The first-order valence-electron chi connectivity index (χ1n) is 6.56. The minimum Gasteiger partial charge on any atom is -0.379 e. The third-order valence-electron chi connectivity index (χ3n) is 3.41. The molecule has 0 bridgehead atoms. The fourth-order valence-electron chi connectivity index (χ4n) is 2.00. The monoisotopic (exact) mass is 227 g/mol. The maximum Gasteiger partial charge on any atom is 0.0594 e. The van der Waals surface area contributed by atoms with E-state index in [-0.39, 0.29) is 0 Å². The van der Waals surface area contributed by atoms with Gasteiger partial charge in [-0.05, 0) is 19.9 Å². The Morgan fingerprint density at radius 2 is 2.00 bits per heavy atom. The lowest BCUT2D eigenvalue weighted by atomic mass is 10.4. The first-order chi connectivity index (χ1) is 7.84. The Bertz CT molecular complexity index is 191. The van der Waals surface area contributed by atoms with E-state index in [1.54, 1.807) is 0 Å². The number of hydrogen-bond acceptors (Lipinski definition) is 4. The number of rotatable bonds is 7. The molecule has 94 valence electrons. The van der Waals surface area contributed by atoms with E-state index in [9.17, 15) is 0 Å². The van der Waals surface area contributed by atoms with E-state index >= 15 is 0 Å². The summed E-state index contributed by atoms with van der Waals surface area (Å²) in [7, 11) is 2.22. The summed E-state index contributed by atoms with van der Waals surface area (Å²) in [4.78, 5) is 4.92. The zero-order valence-corrected chi connectivity index (χ0v) is 10.5. The van der Waals surface area contributed by atoms with E-state index in [0.717, 1.165) is 38.9 Å². The maximum absolute atomic E-state index is 5.34. The number of nitrogens with one attached hydrogen (secondary N) is 1. The Morgan fingerprint density at radius 3 is 2.69 bits per heavy atom. The van der Waals surface area contributed by atoms with Crippen molar-refractivity contribution in [1.29, 1.82) is 0 Å². The zero-order chi connectivity index (χ0) is 11.2. The van der Waals surface area contributed by atoms with Gasteiger partial charge in [0.2, 0.25) is 0 Å². The molecule has 0 aromatic carbocycles. The van der Waals surface area contributed by atoms with E-state index in [0.29, 0.717) is 0 Å². The van der Waals surface area contributed by atoms with Gasteiger partial charge in [0.25, 0.3) is 0 Å². The van der Waals surface area contributed by atoms with Gasteiger partial charge in [-0.1, -0.05) is 0 Å². The molecule has 1 saturated carbocycles. The van der Waals surface area contributed by atoms with Crippen molar-refractivity contribution in [3.63, 3.8) is 0 Å². The fraction of sp³-hybridized carbons (Fsp3) is 1.00. The normalized spacial score (nSPS) is 22.9. The molecular weight excluding hydrogens is 202 g/mol. The molecule has 2 fully saturated rings. The molecule has 0 amide bonds. The minimum atomic E-state index is 0.840. The van der Waals surface area contributed by atoms with Gasteiger partial charge >= 0.3 is 0 Å². The molecule has 2 rings (SSSR count). The van der Waals surface area contributed by atoms with Crippen molar-refractivity contribution in [3.8, 4) is 0 Å². The summed E-state index contributed by atoms with van der Waals surface area (Å²) in [5.74, 6) is 0. The predicted octanol–water partition coefficient (Wildman–Crippen LogP) is 0.00240. The second-order valence-electron chi connectivity index (χ2n) is 4.99. The lowest BCUT2D eigenvalue weighted by Gasteiger charge is -2.28. The predicted molar refractivity (Wildman–Crippen MR) is 65.8 cm³/mol. The van der Waals surface area contributed by atoms with Crippen LogP contribution in [0.15, 0.2) is 0 Å². The first-order valence-corrected chi connectivity index (χ1v) is 6.56. The fourth-order valence-corrected chi connectivity index (χ4v) is 2.00. The number of nitrogens with zero attached hydrogens (tertiary/aromatic N) is 2. The lowest BCUT2D eigenvalue weighted by Crippen LogP contribution is -2.41. The highest BCUT2D eigenvalue weighted by Gasteiger charge is 2.19. The molecule has 0 unspecified atom stereocenters. The topological polar surface area (TPSA) is 27.7 Å². The third-order valence-corrected chi connectivity index (χ3v) is 3.41. The molecule has 2 aliphatic rings. The van der Waals surface area contributed by atoms with Gasteiger partial charge in [-0.25, -0.2) is 0 Å². The van der Waals surface area contributed by atoms with Gasteiger partial charge in [0.1, 0.15) is 0 Å². The molecule has 16 heavy (non-hydrogen) atoms. The SMILES string of the molecule is CN(CCNC1CC1)CCN1CCOCC1. The summed E-state index contributed by atoms with van der Waals surface area (Å²) in [6, 6.07) is 0.840. The van der Waals surface area contributed by atoms with Gasteiger partial charge in [-0.2, -0.15) is 0 Å². The van der Waals surface area contributed by atoms with Gasteiger partial charge in [0, 0.05) is 45.3 Å². The van der Waals surface area contributed by atoms with Crippen molar-refractivity contribution >= 4 is 0 Å². The highest BCUT2D eigenvalue weighted by atomic mass is 16.5. The molecule has 1 aliphatic carbocycles. The highest BCUT2D eigenvalue weighted by molar-refractivity contribution is 4.80. The second kappa shape index (κ2) is 6.55. The first kappa shape index (κ1) is 12.3. The molecule has 1 N–H and O–H groups in total. The van der Waals surface area contributed by atoms with Gasteiger partial charge in [-0.3, -0.25) is 4.90 Å². The van der Waals surface area contributed by atoms with Gasteiger partial charge < -0.3 is 15.0 Å². The average Bonchev–Trinajstić information content (AvgIpc) is 3.12. The number of morpholine rings is 1. The minimum absolute atomic E-state index is 0.840. The second-order valence-corrected chi connectivity index (χ2v) is 4.99. The lowest BCUT2D eigenvalue weighted by molar-refractivity contribution is 0.0345. The molecule has 1 aliphatic heterocycles. The molecule has 0 spiro atoms. The quantitative estimate of drug-likeness (QED) is 0.663. The molecule has 4 heteroatoms. The van der Waals surface area contributed by atoms with E-state index in [1.807, 2.05) is 0 Å². The van der Waals surface area contributed by atoms with Crippen LogP contribution in [0.25, 0.3) is 0 Å². The van der Waals surface area contributed by atoms with Crippen LogP contribution in [0.4, 0.5) is 0 Å². The molecule has 0 radical (unpaired) electrons. The third kappa shape index (κ3) is 4.78. The van der Waals surface area contributed by atoms with Crippen LogP contribution >= 0.6 is 0 Å². The Kier molecular flexibility index (Phi) is 5.03. The summed E-state index contributed by atoms with van der Waals surface area (Å²) in [6.07, 6.45) is 2.77. The van der Waals surface area contributed by atoms with Crippen molar-refractivity contribution < 1.29 is 4.74 Å². The maximum atomic E-state index is 5.34. The van der Waals surface area contributed by atoms with Crippen molar-refractivity contribution in [2.75, 3.05) is 59.5 Å². The van der Waals surface area contributed by atoms with Crippen molar-refractivity contribution in [1.82, 2.24) is 15.1 Å². The summed E-state index contributed by atoms with van der Waals surface area (Å²) in [5, 5.41) is 3.55. The summed E-state index contributed by atoms with van der Waals surface area (Å²) < 4.78 is 5.34. The van der Waals surface area contributed by atoms with Crippen LogP contribution in [0.5, 0.6) is 0 Å². The van der Waals surface area contributed by atoms with Crippen LogP contribution in [0.1, 0.15) is 12.8 Å². The van der Waals surface area contributed by atoms with Gasteiger partial charge in [0.15, 0.2) is 0 Å². The summed E-state index contributed by atoms with van der Waals surface area (Å²) in [5.41, 5.74) is 0. The number of likely N-dealkylation sites (N-methyl/N-ethyl adjacent to an activating group) is 1. The standard InChI is InChI=1S/C12H25N3O/c1-14(5-4-13-12-2-3-12)6-7-15-8-10-16-11-9-15/h12-13H,2-11H2,1H3. The molecule has 1 heterocycles. The Balaban J connectivity index is 1.46. The Hall–Kier alpha value is -0.160. The van der Waals surface area contributed by atoms with E-state index in [2.05, 4.69) is 22.2 Å². The van der Waals surface area contributed by atoms with Crippen molar-refractivity contribution in [2.24, 2.45) is 0 Å². The molecule has 4 nitrogen and oxygen atoms in total. The van der Waals surface area contributed by atoms with Crippen LogP contribution in [0.3, 0.4) is 0 Å². The van der Waals surface area contributed by atoms with Crippen molar-refractivity contribution in [2.45, 2.75) is 18.9 Å². The van der Waals surface area contributed by atoms with E-state index < -0.39 is 0 Å². The molecule has 1 saturated heterocycles. The summed E-state index contributed by atoms with van der Waals surface area (Å²) >= 11 is 0.